The van der Waals surface area contributed by atoms with Crippen molar-refractivity contribution in [2.24, 2.45) is 0 Å². The number of imidazole rings is 1. The molecule has 1 aromatic carbocycles. The fourth-order valence-electron chi connectivity index (χ4n) is 4.52. The maximum Gasteiger partial charge on any atom is 0.490 e. The standard InChI is InChI=1S/C25H28F2N8.C2HF3O2/c1-15(2)35-16(3)31-24-19(26)10-18(11-21(24)35)23-20(27)13-30-25(33-23)32-22-5-4-17(12-29-22)14-34-8-6-28-7-9-34;3-2(4,5)1(6)7/h4-5,10-13,15,28H,6-9,14H2,1-3H3,(H,29,30,32,33);(H,6,7). The van der Waals surface area contributed by atoms with Gasteiger partial charge >= 0.3 is 12.1 Å². The van der Waals surface area contributed by atoms with Crippen LogP contribution in [0.2, 0.25) is 0 Å². The van der Waals surface area contributed by atoms with Crippen LogP contribution in [0, 0.1) is 18.6 Å². The fourth-order valence-corrected chi connectivity index (χ4v) is 4.52. The van der Waals surface area contributed by atoms with Gasteiger partial charge in [-0.25, -0.2) is 33.5 Å². The van der Waals surface area contributed by atoms with Gasteiger partial charge in [-0.2, -0.15) is 13.2 Å². The maximum atomic E-state index is 14.9. The molecule has 0 radical (unpaired) electrons. The summed E-state index contributed by atoms with van der Waals surface area (Å²) in [7, 11) is 0. The highest BCUT2D eigenvalue weighted by atomic mass is 19.4. The molecule has 0 saturated carbocycles. The lowest BCUT2D eigenvalue weighted by molar-refractivity contribution is -0.192. The summed E-state index contributed by atoms with van der Waals surface area (Å²) in [5.74, 6) is -2.50. The van der Waals surface area contributed by atoms with Gasteiger partial charge in [0.2, 0.25) is 5.95 Å². The molecule has 1 fully saturated rings. The summed E-state index contributed by atoms with van der Waals surface area (Å²) in [5.41, 5.74) is 2.30. The molecule has 4 aromatic rings. The Kier molecular flexibility index (Phi) is 9.31. The fraction of sp³-hybridized carbons (Fsp3) is 0.370. The predicted octanol–water partition coefficient (Wildman–Crippen LogP) is 4.84. The van der Waals surface area contributed by atoms with Crippen LogP contribution in [-0.4, -0.2) is 72.8 Å². The zero-order chi connectivity index (χ0) is 30.6. The highest BCUT2D eigenvalue weighted by molar-refractivity contribution is 5.83. The van der Waals surface area contributed by atoms with Gasteiger partial charge in [0, 0.05) is 50.5 Å². The van der Waals surface area contributed by atoms with Crippen molar-refractivity contribution in [2.75, 3.05) is 31.5 Å². The second-order valence-corrected chi connectivity index (χ2v) is 9.84. The molecule has 5 rings (SSSR count). The van der Waals surface area contributed by atoms with Crippen LogP contribution in [0.3, 0.4) is 0 Å². The number of carboxylic acids is 1. The number of pyridine rings is 1. The zero-order valence-corrected chi connectivity index (χ0v) is 23.0. The molecular formula is C27H29F5N8O2. The lowest BCUT2D eigenvalue weighted by Gasteiger charge is -2.27. The number of anilines is 2. The topological polar surface area (TPSA) is 121 Å². The Morgan fingerprint density at radius 3 is 2.36 bits per heavy atom. The van der Waals surface area contributed by atoms with Gasteiger partial charge in [-0.15, -0.1) is 0 Å². The van der Waals surface area contributed by atoms with Gasteiger partial charge in [-0.05, 0) is 44.5 Å². The van der Waals surface area contributed by atoms with Crippen molar-refractivity contribution >= 4 is 28.8 Å². The van der Waals surface area contributed by atoms with E-state index in [1.165, 1.54) is 6.07 Å². The van der Waals surface area contributed by atoms with E-state index in [9.17, 15) is 22.0 Å². The first-order valence-electron chi connectivity index (χ1n) is 13.0. The number of hydrogen-bond donors (Lipinski definition) is 3. The first-order valence-corrected chi connectivity index (χ1v) is 13.0. The Balaban J connectivity index is 0.000000517. The van der Waals surface area contributed by atoms with Gasteiger partial charge in [-0.1, -0.05) is 6.07 Å². The van der Waals surface area contributed by atoms with Crippen LogP contribution in [0.15, 0.2) is 36.7 Å². The smallest absolute Gasteiger partial charge is 0.475 e. The molecule has 1 saturated heterocycles. The third-order valence-electron chi connectivity index (χ3n) is 6.38. The van der Waals surface area contributed by atoms with Gasteiger partial charge in [-0.3, -0.25) is 4.90 Å². The zero-order valence-electron chi connectivity index (χ0n) is 23.0. The highest BCUT2D eigenvalue weighted by Gasteiger charge is 2.38. The number of halogens is 5. The first-order chi connectivity index (χ1) is 19.8. The number of aryl methyl sites for hydroxylation is 1. The molecule has 15 heteroatoms. The number of nitrogens with zero attached hydrogens (tertiary/aromatic N) is 6. The molecule has 1 aliphatic heterocycles. The summed E-state index contributed by atoms with van der Waals surface area (Å²) in [5, 5.41) is 13.5. The number of piperazine rings is 1. The van der Waals surface area contributed by atoms with Crippen LogP contribution in [-0.2, 0) is 11.3 Å². The van der Waals surface area contributed by atoms with Gasteiger partial charge in [0.15, 0.2) is 11.6 Å². The molecule has 224 valence electrons. The number of nitrogens with one attached hydrogen (secondary N) is 2. The lowest BCUT2D eigenvalue weighted by atomic mass is 10.1. The molecule has 0 atom stereocenters. The van der Waals surface area contributed by atoms with Gasteiger partial charge in [0.1, 0.15) is 22.9 Å². The van der Waals surface area contributed by atoms with Crippen LogP contribution in [0.5, 0.6) is 0 Å². The number of carbonyl (C=O) groups is 1. The Morgan fingerprint density at radius 2 is 1.76 bits per heavy atom. The number of alkyl halides is 3. The molecular weight excluding hydrogens is 563 g/mol. The molecule has 1 aliphatic rings. The van der Waals surface area contributed by atoms with E-state index in [4.69, 9.17) is 9.90 Å². The van der Waals surface area contributed by atoms with Crippen molar-refractivity contribution in [1.82, 2.24) is 34.7 Å². The minimum Gasteiger partial charge on any atom is -0.475 e. The predicted molar refractivity (Wildman–Crippen MR) is 145 cm³/mol. The largest absolute Gasteiger partial charge is 0.490 e. The molecule has 0 aliphatic carbocycles. The van der Waals surface area contributed by atoms with Crippen molar-refractivity contribution in [3.05, 3.63) is 59.7 Å². The van der Waals surface area contributed by atoms with Crippen LogP contribution in [0.25, 0.3) is 22.3 Å². The minimum atomic E-state index is -5.08. The summed E-state index contributed by atoms with van der Waals surface area (Å²) in [6, 6.07) is 6.90. The number of hydrogen-bond acceptors (Lipinski definition) is 8. The van der Waals surface area contributed by atoms with Gasteiger partial charge < -0.3 is 20.3 Å². The normalized spacial score (nSPS) is 14.1. The monoisotopic (exact) mass is 592 g/mol. The number of aliphatic carboxylic acids is 1. The minimum absolute atomic E-state index is 0.00721. The number of aromatic nitrogens is 5. The Hall–Kier alpha value is -4.24. The average molecular weight is 593 g/mol. The summed E-state index contributed by atoms with van der Waals surface area (Å²) in [6.07, 6.45) is -2.19. The summed E-state index contributed by atoms with van der Waals surface area (Å²) >= 11 is 0. The van der Waals surface area contributed by atoms with Crippen molar-refractivity contribution in [2.45, 2.75) is 39.5 Å². The molecule has 0 bridgehead atoms. The van der Waals surface area contributed by atoms with Crippen LogP contribution in [0.1, 0.15) is 31.3 Å². The van der Waals surface area contributed by atoms with Crippen molar-refractivity contribution in [1.29, 1.82) is 0 Å². The van der Waals surface area contributed by atoms with E-state index in [-0.39, 0.29) is 23.2 Å². The third-order valence-corrected chi connectivity index (χ3v) is 6.38. The number of fused-ring (bicyclic) bond motifs is 1. The van der Waals surface area contributed by atoms with E-state index >= 15 is 0 Å². The van der Waals surface area contributed by atoms with E-state index in [1.807, 2.05) is 43.7 Å². The maximum absolute atomic E-state index is 14.9. The summed E-state index contributed by atoms with van der Waals surface area (Å²) in [6.45, 7) is 10.7. The lowest BCUT2D eigenvalue weighted by Crippen LogP contribution is -2.42. The molecule has 0 amide bonds. The van der Waals surface area contributed by atoms with Crippen LogP contribution < -0.4 is 10.6 Å². The third kappa shape index (κ3) is 7.33. The Morgan fingerprint density at radius 1 is 1.07 bits per heavy atom. The Bertz CT molecular complexity index is 1550. The van der Waals surface area contributed by atoms with Gasteiger partial charge in [0.25, 0.3) is 0 Å². The van der Waals surface area contributed by atoms with Crippen molar-refractivity contribution < 1.29 is 31.9 Å². The second-order valence-electron chi connectivity index (χ2n) is 9.84. The molecule has 3 N–H and O–H groups in total. The number of benzene rings is 1. The number of carboxylic acid groups (broad SMARTS) is 1. The summed E-state index contributed by atoms with van der Waals surface area (Å²) < 4.78 is 63.3. The second kappa shape index (κ2) is 12.7. The van der Waals surface area contributed by atoms with E-state index in [1.54, 1.807) is 6.07 Å². The number of rotatable bonds is 6. The van der Waals surface area contributed by atoms with E-state index in [0.717, 1.165) is 44.5 Å². The van der Waals surface area contributed by atoms with Crippen molar-refractivity contribution in [3.8, 4) is 11.3 Å². The first kappa shape index (κ1) is 30.7. The van der Waals surface area contributed by atoms with Gasteiger partial charge in [0.05, 0.1) is 11.7 Å². The van der Waals surface area contributed by atoms with E-state index in [2.05, 4.69) is 35.5 Å². The molecule has 0 spiro atoms. The molecule has 3 aromatic heterocycles. The van der Waals surface area contributed by atoms with Crippen LogP contribution in [0.4, 0.5) is 33.7 Å². The quantitative estimate of drug-likeness (QED) is 0.270. The van der Waals surface area contributed by atoms with Crippen LogP contribution >= 0.6 is 0 Å². The SMILES string of the molecule is Cc1nc2c(F)cc(-c3nc(Nc4ccc(CN5CCNCC5)cn4)ncc3F)cc2n1C(C)C.O=C(O)C(F)(F)F. The average Bonchev–Trinajstić information content (AvgIpc) is 3.28. The molecule has 42 heavy (non-hydrogen) atoms. The molecule has 10 nitrogen and oxygen atoms in total. The van der Waals surface area contributed by atoms with E-state index in [0.29, 0.717) is 22.7 Å². The molecule has 4 heterocycles. The Labute approximate surface area is 237 Å². The van der Waals surface area contributed by atoms with Crippen molar-refractivity contribution in [3.63, 3.8) is 0 Å². The van der Waals surface area contributed by atoms with E-state index < -0.39 is 23.8 Å². The molecule has 0 unspecified atom stereocenters. The summed E-state index contributed by atoms with van der Waals surface area (Å²) in [4.78, 5) is 28.4. The highest BCUT2D eigenvalue weighted by Crippen LogP contribution is 2.30.